The minimum atomic E-state index is -0.920. The number of phenols is 1. The maximum atomic E-state index is 13.5. The molecule has 0 spiro atoms. The van der Waals surface area contributed by atoms with Gasteiger partial charge in [-0.3, -0.25) is 24.0 Å². The van der Waals surface area contributed by atoms with Gasteiger partial charge >= 0.3 is 5.97 Å². The van der Waals surface area contributed by atoms with Gasteiger partial charge in [-0.2, -0.15) is 0 Å². The summed E-state index contributed by atoms with van der Waals surface area (Å²) in [5, 5.41) is 19.3. The second kappa shape index (κ2) is 11.4. The molecule has 0 aliphatic heterocycles. The molecule has 7 heteroatoms. The molecule has 7 nitrogen and oxygen atoms in total. The van der Waals surface area contributed by atoms with E-state index < -0.39 is 5.97 Å². The topological polar surface area (TPSA) is 126 Å². The molecule has 2 aliphatic carbocycles. The fourth-order valence-electron chi connectivity index (χ4n) is 6.01. The van der Waals surface area contributed by atoms with Crippen molar-refractivity contribution in [3.8, 4) is 16.9 Å². The van der Waals surface area contributed by atoms with E-state index in [9.17, 15) is 29.1 Å². The predicted molar refractivity (Wildman–Crippen MR) is 168 cm³/mol. The Labute approximate surface area is 259 Å². The average Bonchev–Trinajstić information content (AvgIpc) is 3.03. The van der Waals surface area contributed by atoms with Crippen molar-refractivity contribution < 1.29 is 34.2 Å². The number of carboxylic acid groups (broad SMARTS) is 1. The normalized spacial score (nSPS) is 14.5. The van der Waals surface area contributed by atoms with Crippen LogP contribution in [0, 0.1) is 0 Å². The summed E-state index contributed by atoms with van der Waals surface area (Å²) in [4.78, 5) is 64.0. The van der Waals surface area contributed by atoms with E-state index in [0.717, 1.165) is 22.3 Å². The summed E-state index contributed by atoms with van der Waals surface area (Å²) in [7, 11) is 0. The fourth-order valence-corrected chi connectivity index (χ4v) is 6.01. The highest BCUT2D eigenvalue weighted by molar-refractivity contribution is 6.28. The van der Waals surface area contributed by atoms with Crippen molar-refractivity contribution in [2.24, 2.45) is 0 Å². The van der Waals surface area contributed by atoms with Gasteiger partial charge < -0.3 is 10.2 Å². The number of aromatic hydroxyl groups is 1. The van der Waals surface area contributed by atoms with Crippen LogP contribution >= 0.6 is 0 Å². The van der Waals surface area contributed by atoms with E-state index in [2.05, 4.69) is 0 Å². The van der Waals surface area contributed by atoms with Gasteiger partial charge in [0.2, 0.25) is 0 Å². The zero-order valence-corrected chi connectivity index (χ0v) is 24.6. The monoisotopic (exact) mass is 596 g/mol. The number of hydrogen-bond acceptors (Lipinski definition) is 6. The standard InChI is InChI=1S/C38H28O7/c1-20-29(16-22-6-8-24(9-7-22)18-33(40)41)37(44)27-15-14-26(19-31(27)36(20)43)25-12-10-23(11-13-25)17-30-21(2)35(42)28-4-3-5-32(39)34(28)38(30)45/h3-15,19,39H,16-18H2,1-2H3,(H,40,41). The van der Waals surface area contributed by atoms with E-state index in [1.807, 2.05) is 24.3 Å². The molecule has 6 rings (SSSR count). The lowest BCUT2D eigenvalue weighted by Crippen LogP contribution is -2.22. The molecule has 0 atom stereocenters. The van der Waals surface area contributed by atoms with Gasteiger partial charge in [0.15, 0.2) is 23.1 Å². The highest BCUT2D eigenvalue weighted by Crippen LogP contribution is 2.35. The number of allylic oxidation sites excluding steroid dienone is 4. The maximum Gasteiger partial charge on any atom is 0.307 e. The summed E-state index contributed by atoms with van der Waals surface area (Å²) in [5.74, 6) is -2.19. The van der Waals surface area contributed by atoms with Crippen LogP contribution in [-0.4, -0.2) is 39.3 Å². The lowest BCUT2D eigenvalue weighted by molar-refractivity contribution is -0.136. The van der Waals surface area contributed by atoms with Crippen molar-refractivity contribution >= 4 is 29.1 Å². The van der Waals surface area contributed by atoms with Crippen LogP contribution in [0.2, 0.25) is 0 Å². The highest BCUT2D eigenvalue weighted by Gasteiger charge is 2.32. The number of carboxylic acids is 1. The molecule has 0 radical (unpaired) electrons. The Balaban J connectivity index is 1.22. The molecule has 222 valence electrons. The van der Waals surface area contributed by atoms with Crippen LogP contribution in [0.25, 0.3) is 11.1 Å². The third kappa shape index (κ3) is 5.33. The average molecular weight is 597 g/mol. The molecule has 0 aromatic heterocycles. The Morgan fingerprint density at radius 1 is 0.578 bits per heavy atom. The van der Waals surface area contributed by atoms with Crippen molar-refractivity contribution in [1.82, 2.24) is 0 Å². The van der Waals surface area contributed by atoms with Crippen LogP contribution in [0.5, 0.6) is 5.75 Å². The number of ketones is 4. The Kier molecular flexibility index (Phi) is 7.46. The highest BCUT2D eigenvalue weighted by atomic mass is 16.4. The van der Waals surface area contributed by atoms with E-state index in [0.29, 0.717) is 39.0 Å². The van der Waals surface area contributed by atoms with Gasteiger partial charge in [0.25, 0.3) is 0 Å². The molecule has 0 amide bonds. The Bertz CT molecular complexity index is 2020. The van der Waals surface area contributed by atoms with Gasteiger partial charge in [-0.05, 0) is 59.9 Å². The molecule has 0 saturated carbocycles. The first kappa shape index (κ1) is 29.4. The SMILES string of the molecule is CC1=C(Cc2ccc(CC(=O)O)cc2)C(=O)c2ccc(-c3ccc(CC4=C(C)C(=O)c5cccc(O)c5C4=O)cc3)cc2C1=O. The van der Waals surface area contributed by atoms with Gasteiger partial charge in [0, 0.05) is 51.8 Å². The molecule has 4 aromatic rings. The number of benzene rings is 4. The van der Waals surface area contributed by atoms with Crippen LogP contribution in [0.1, 0.15) is 72.0 Å². The first-order chi connectivity index (χ1) is 21.5. The van der Waals surface area contributed by atoms with E-state index in [1.54, 1.807) is 68.4 Å². The molecular formula is C38H28O7. The summed E-state index contributed by atoms with van der Waals surface area (Å²) >= 11 is 0. The second-order valence-corrected chi connectivity index (χ2v) is 11.4. The minimum Gasteiger partial charge on any atom is -0.507 e. The van der Waals surface area contributed by atoms with Gasteiger partial charge in [0.05, 0.1) is 12.0 Å². The van der Waals surface area contributed by atoms with E-state index in [-0.39, 0.29) is 59.3 Å². The number of aliphatic carboxylic acids is 1. The molecular weight excluding hydrogens is 568 g/mol. The van der Waals surface area contributed by atoms with Crippen LogP contribution < -0.4 is 0 Å². The summed E-state index contributed by atoms with van der Waals surface area (Å²) < 4.78 is 0. The third-order valence-electron chi connectivity index (χ3n) is 8.59. The summed E-state index contributed by atoms with van der Waals surface area (Å²) in [6.07, 6.45) is 0.398. The summed E-state index contributed by atoms with van der Waals surface area (Å²) in [5.41, 5.74) is 6.28. The van der Waals surface area contributed by atoms with Crippen LogP contribution in [-0.2, 0) is 24.1 Å². The molecule has 0 fully saturated rings. The molecule has 0 heterocycles. The zero-order valence-electron chi connectivity index (χ0n) is 24.6. The molecule has 4 aromatic carbocycles. The van der Waals surface area contributed by atoms with Crippen molar-refractivity contribution in [3.05, 3.63) is 146 Å². The molecule has 2 aliphatic rings. The summed E-state index contributed by atoms with van der Waals surface area (Å²) in [6.45, 7) is 3.28. The van der Waals surface area contributed by atoms with Crippen molar-refractivity contribution in [1.29, 1.82) is 0 Å². The molecule has 0 saturated heterocycles. The van der Waals surface area contributed by atoms with Crippen LogP contribution in [0.3, 0.4) is 0 Å². The number of rotatable bonds is 7. The largest absolute Gasteiger partial charge is 0.507 e. The number of fused-ring (bicyclic) bond motifs is 2. The van der Waals surface area contributed by atoms with Crippen molar-refractivity contribution in [2.45, 2.75) is 33.1 Å². The molecule has 45 heavy (non-hydrogen) atoms. The third-order valence-corrected chi connectivity index (χ3v) is 8.59. The summed E-state index contributed by atoms with van der Waals surface area (Å²) in [6, 6.07) is 24.1. The predicted octanol–water partition coefficient (Wildman–Crippen LogP) is 6.56. The first-order valence-electron chi connectivity index (χ1n) is 14.5. The van der Waals surface area contributed by atoms with Crippen molar-refractivity contribution in [2.75, 3.05) is 0 Å². The number of hydrogen-bond donors (Lipinski definition) is 2. The lowest BCUT2D eigenvalue weighted by Gasteiger charge is -2.21. The fraction of sp³-hybridized carbons (Fsp3) is 0.132. The van der Waals surface area contributed by atoms with E-state index in [1.165, 1.54) is 6.07 Å². The zero-order chi connectivity index (χ0) is 32.0. The van der Waals surface area contributed by atoms with Gasteiger partial charge in [-0.1, -0.05) is 66.7 Å². The van der Waals surface area contributed by atoms with Crippen LogP contribution in [0.15, 0.2) is 107 Å². The smallest absolute Gasteiger partial charge is 0.307 e. The van der Waals surface area contributed by atoms with Gasteiger partial charge in [-0.25, -0.2) is 0 Å². The second-order valence-electron chi connectivity index (χ2n) is 11.4. The first-order valence-corrected chi connectivity index (χ1v) is 14.5. The number of Topliss-reactive ketones (excluding diaryl/α,β-unsaturated/α-hetero) is 4. The van der Waals surface area contributed by atoms with Gasteiger partial charge in [0.1, 0.15) is 5.75 Å². The quantitative estimate of drug-likeness (QED) is 0.247. The van der Waals surface area contributed by atoms with E-state index >= 15 is 0 Å². The molecule has 2 N–H and O–H groups in total. The Morgan fingerprint density at radius 2 is 1.11 bits per heavy atom. The number of carbonyl (C=O) groups excluding carboxylic acids is 4. The lowest BCUT2D eigenvalue weighted by atomic mass is 9.81. The van der Waals surface area contributed by atoms with Gasteiger partial charge in [-0.15, -0.1) is 0 Å². The van der Waals surface area contributed by atoms with E-state index in [4.69, 9.17) is 5.11 Å². The van der Waals surface area contributed by atoms with Crippen LogP contribution in [0.4, 0.5) is 0 Å². The Hall–Kier alpha value is -5.69. The number of phenolic OH excluding ortho intramolecular Hbond substituents is 1. The Morgan fingerprint density at radius 3 is 1.73 bits per heavy atom. The minimum absolute atomic E-state index is 0.0362. The molecule has 0 unspecified atom stereocenters. The number of carbonyl (C=O) groups is 5. The molecule has 0 bridgehead atoms. The van der Waals surface area contributed by atoms with Crippen molar-refractivity contribution in [3.63, 3.8) is 0 Å². The maximum absolute atomic E-state index is 13.5.